The Bertz CT molecular complexity index is 431. The molecule has 3 N–H and O–H groups in total. The quantitative estimate of drug-likeness (QED) is 0.649. The van der Waals surface area contributed by atoms with E-state index in [0.717, 1.165) is 0 Å². The molecule has 7 nitrogen and oxygen atoms in total. The summed E-state index contributed by atoms with van der Waals surface area (Å²) in [4.78, 5) is 13.4. The van der Waals surface area contributed by atoms with Gasteiger partial charge in [-0.3, -0.25) is 4.79 Å². The van der Waals surface area contributed by atoms with Gasteiger partial charge >= 0.3 is 0 Å². The molecule has 0 spiro atoms. The average molecular weight is 281 g/mol. The Labute approximate surface area is 119 Å². The number of aliphatic hydroxyl groups is 1. The van der Waals surface area contributed by atoms with E-state index >= 15 is 0 Å². The van der Waals surface area contributed by atoms with Crippen molar-refractivity contribution < 1.29 is 9.90 Å². The summed E-state index contributed by atoms with van der Waals surface area (Å²) in [7, 11) is 3.80. The van der Waals surface area contributed by atoms with Crippen molar-refractivity contribution in [2.75, 3.05) is 39.0 Å². The van der Waals surface area contributed by atoms with Crippen LogP contribution in [0.15, 0.2) is 12.1 Å². The van der Waals surface area contributed by atoms with Crippen LogP contribution < -0.4 is 10.6 Å². The second kappa shape index (κ2) is 7.16. The molecule has 0 aromatic carbocycles. The Kier molecular flexibility index (Phi) is 5.84. The SMILES string of the molecule is CCNC(=O)c1ccc(NCC(C)(O)CN(C)C)nn1. The standard InChI is InChI=1S/C13H23N5O2/c1-5-14-12(19)10-6-7-11(17-16-10)15-8-13(2,20)9-18(3)4/h6-7,20H,5,8-9H2,1-4H3,(H,14,19)(H,15,17). The average Bonchev–Trinajstić information content (AvgIpc) is 2.36. The van der Waals surface area contributed by atoms with Gasteiger partial charge in [0.1, 0.15) is 5.82 Å². The second-order valence-electron chi connectivity index (χ2n) is 5.25. The lowest BCUT2D eigenvalue weighted by Crippen LogP contribution is -2.43. The van der Waals surface area contributed by atoms with E-state index in [1.807, 2.05) is 25.9 Å². The minimum absolute atomic E-state index is 0.244. The van der Waals surface area contributed by atoms with E-state index in [-0.39, 0.29) is 11.6 Å². The third kappa shape index (κ3) is 5.50. The number of carbonyl (C=O) groups excluding carboxylic acids is 1. The fraction of sp³-hybridized carbons (Fsp3) is 0.615. The largest absolute Gasteiger partial charge is 0.387 e. The summed E-state index contributed by atoms with van der Waals surface area (Å²) in [6.07, 6.45) is 0. The van der Waals surface area contributed by atoms with Crippen LogP contribution in [0.4, 0.5) is 5.82 Å². The molecular formula is C13H23N5O2. The Morgan fingerprint density at radius 2 is 2.10 bits per heavy atom. The van der Waals surface area contributed by atoms with Gasteiger partial charge in [-0.2, -0.15) is 0 Å². The molecule has 7 heteroatoms. The van der Waals surface area contributed by atoms with Gasteiger partial charge in [-0.25, -0.2) is 0 Å². The first-order valence-electron chi connectivity index (χ1n) is 6.57. The molecule has 1 rings (SSSR count). The number of amides is 1. The van der Waals surface area contributed by atoms with Crippen molar-refractivity contribution in [3.63, 3.8) is 0 Å². The number of anilines is 1. The predicted molar refractivity (Wildman–Crippen MR) is 77.7 cm³/mol. The second-order valence-corrected chi connectivity index (χ2v) is 5.25. The van der Waals surface area contributed by atoms with Crippen LogP contribution >= 0.6 is 0 Å². The molecule has 0 saturated heterocycles. The topological polar surface area (TPSA) is 90.4 Å². The zero-order valence-corrected chi connectivity index (χ0v) is 12.5. The van der Waals surface area contributed by atoms with Crippen LogP contribution in [0.25, 0.3) is 0 Å². The maximum Gasteiger partial charge on any atom is 0.271 e. The number of likely N-dealkylation sites (N-methyl/N-ethyl adjacent to an activating group) is 1. The molecule has 0 radical (unpaired) electrons. The summed E-state index contributed by atoms with van der Waals surface area (Å²) in [5.41, 5.74) is -0.596. The van der Waals surface area contributed by atoms with Crippen LogP contribution in [0.3, 0.4) is 0 Å². The number of hydrogen-bond donors (Lipinski definition) is 3. The van der Waals surface area contributed by atoms with Crippen molar-refractivity contribution in [2.45, 2.75) is 19.4 Å². The lowest BCUT2D eigenvalue weighted by molar-refractivity contribution is 0.0459. The molecule has 1 unspecified atom stereocenters. The van der Waals surface area contributed by atoms with Gasteiger partial charge in [-0.1, -0.05) is 0 Å². The van der Waals surface area contributed by atoms with E-state index < -0.39 is 5.60 Å². The zero-order valence-electron chi connectivity index (χ0n) is 12.5. The van der Waals surface area contributed by atoms with Gasteiger partial charge in [0, 0.05) is 19.6 Å². The van der Waals surface area contributed by atoms with Gasteiger partial charge in [0.15, 0.2) is 5.69 Å². The number of rotatable bonds is 7. The van der Waals surface area contributed by atoms with Gasteiger partial charge < -0.3 is 20.6 Å². The molecule has 1 heterocycles. The van der Waals surface area contributed by atoms with Crippen molar-refractivity contribution >= 4 is 11.7 Å². The van der Waals surface area contributed by atoms with Crippen LogP contribution in [-0.2, 0) is 0 Å². The van der Waals surface area contributed by atoms with Gasteiger partial charge in [-0.05, 0) is 40.1 Å². The molecule has 0 bridgehead atoms. The minimum atomic E-state index is -0.872. The smallest absolute Gasteiger partial charge is 0.271 e. The van der Waals surface area contributed by atoms with Gasteiger partial charge in [0.2, 0.25) is 0 Å². The third-order valence-corrected chi connectivity index (χ3v) is 2.54. The Hall–Kier alpha value is -1.73. The van der Waals surface area contributed by atoms with Crippen LogP contribution in [0.1, 0.15) is 24.3 Å². The molecule has 0 saturated carbocycles. The lowest BCUT2D eigenvalue weighted by Gasteiger charge is -2.27. The molecular weight excluding hydrogens is 258 g/mol. The number of carbonyl (C=O) groups is 1. The molecule has 20 heavy (non-hydrogen) atoms. The van der Waals surface area contributed by atoms with Gasteiger partial charge in [-0.15, -0.1) is 10.2 Å². The fourth-order valence-electron chi connectivity index (χ4n) is 1.82. The van der Waals surface area contributed by atoms with E-state index in [0.29, 0.717) is 25.5 Å². The van der Waals surface area contributed by atoms with Crippen molar-refractivity contribution in [1.29, 1.82) is 0 Å². The highest BCUT2D eigenvalue weighted by molar-refractivity contribution is 5.92. The van der Waals surface area contributed by atoms with Crippen LogP contribution in [0.5, 0.6) is 0 Å². The number of nitrogens with one attached hydrogen (secondary N) is 2. The van der Waals surface area contributed by atoms with E-state index in [1.165, 1.54) is 0 Å². The first-order valence-corrected chi connectivity index (χ1v) is 6.57. The summed E-state index contributed by atoms with van der Waals surface area (Å²) in [6, 6.07) is 3.27. The van der Waals surface area contributed by atoms with Crippen molar-refractivity contribution in [1.82, 2.24) is 20.4 Å². The van der Waals surface area contributed by atoms with Crippen LogP contribution in [0, 0.1) is 0 Å². The van der Waals surface area contributed by atoms with Gasteiger partial charge in [0.05, 0.1) is 5.60 Å². The molecule has 0 aliphatic heterocycles. The summed E-state index contributed by atoms with van der Waals surface area (Å²) in [5.74, 6) is 0.281. The maximum absolute atomic E-state index is 11.5. The first-order chi connectivity index (χ1) is 9.34. The Morgan fingerprint density at radius 1 is 1.40 bits per heavy atom. The highest BCUT2D eigenvalue weighted by atomic mass is 16.3. The molecule has 1 amide bonds. The highest BCUT2D eigenvalue weighted by Gasteiger charge is 2.21. The fourth-order valence-corrected chi connectivity index (χ4v) is 1.82. The number of nitrogens with zero attached hydrogens (tertiary/aromatic N) is 3. The van der Waals surface area contributed by atoms with Gasteiger partial charge in [0.25, 0.3) is 5.91 Å². The third-order valence-electron chi connectivity index (χ3n) is 2.54. The number of hydrogen-bond acceptors (Lipinski definition) is 6. The number of aromatic nitrogens is 2. The Morgan fingerprint density at radius 3 is 2.60 bits per heavy atom. The van der Waals surface area contributed by atoms with Crippen molar-refractivity contribution in [3.05, 3.63) is 17.8 Å². The summed E-state index contributed by atoms with van der Waals surface area (Å²) < 4.78 is 0. The molecule has 0 fully saturated rings. The molecule has 0 aliphatic carbocycles. The lowest BCUT2D eigenvalue weighted by atomic mass is 10.1. The maximum atomic E-state index is 11.5. The molecule has 1 aromatic rings. The normalized spacial score (nSPS) is 13.9. The van der Waals surface area contributed by atoms with Crippen molar-refractivity contribution in [2.24, 2.45) is 0 Å². The first kappa shape index (κ1) is 16.3. The van der Waals surface area contributed by atoms with Crippen LogP contribution in [0.2, 0.25) is 0 Å². The predicted octanol–water partition coefficient (Wildman–Crippen LogP) is -0.0492. The molecule has 1 aromatic heterocycles. The molecule has 1 atom stereocenters. The van der Waals surface area contributed by atoms with E-state index in [9.17, 15) is 9.90 Å². The monoisotopic (exact) mass is 281 g/mol. The van der Waals surface area contributed by atoms with E-state index in [1.54, 1.807) is 19.1 Å². The van der Waals surface area contributed by atoms with Crippen LogP contribution in [-0.4, -0.2) is 65.4 Å². The molecule has 0 aliphatic rings. The van der Waals surface area contributed by atoms with Crippen molar-refractivity contribution in [3.8, 4) is 0 Å². The van der Waals surface area contributed by atoms with E-state index in [2.05, 4.69) is 20.8 Å². The summed E-state index contributed by atoms with van der Waals surface area (Å²) >= 11 is 0. The molecule has 112 valence electrons. The summed E-state index contributed by atoms with van der Waals surface area (Å²) in [5, 5.41) is 23.6. The summed E-state index contributed by atoms with van der Waals surface area (Å²) in [6.45, 7) is 5.02. The zero-order chi connectivity index (χ0) is 15.2. The Balaban J connectivity index is 2.55. The van der Waals surface area contributed by atoms with E-state index in [4.69, 9.17) is 0 Å². The highest BCUT2D eigenvalue weighted by Crippen LogP contribution is 2.08. The minimum Gasteiger partial charge on any atom is -0.387 e.